The summed E-state index contributed by atoms with van der Waals surface area (Å²) in [6.07, 6.45) is 7.24. The lowest BCUT2D eigenvalue weighted by Crippen LogP contribution is -2.30. The van der Waals surface area contributed by atoms with Crippen LogP contribution in [0.1, 0.15) is 46.0 Å². The van der Waals surface area contributed by atoms with Crippen LogP contribution < -0.4 is 5.73 Å². The zero-order valence-electron chi connectivity index (χ0n) is 8.96. The van der Waals surface area contributed by atoms with E-state index in [2.05, 4.69) is 13.8 Å². The van der Waals surface area contributed by atoms with Crippen molar-refractivity contribution in [1.29, 1.82) is 0 Å². The molecule has 0 aliphatic heterocycles. The van der Waals surface area contributed by atoms with Gasteiger partial charge in [0.1, 0.15) is 0 Å². The van der Waals surface area contributed by atoms with Crippen LogP contribution in [0, 0.1) is 5.92 Å². The Morgan fingerprint density at radius 2 is 2.23 bits per heavy atom. The van der Waals surface area contributed by atoms with Gasteiger partial charge < -0.3 is 10.5 Å². The molecule has 3 atom stereocenters. The normalized spacial score (nSPS) is 31.6. The molecule has 0 aromatic carbocycles. The van der Waals surface area contributed by atoms with Crippen molar-refractivity contribution in [3.63, 3.8) is 0 Å². The molecule has 1 aliphatic rings. The van der Waals surface area contributed by atoms with E-state index in [4.69, 9.17) is 10.5 Å². The molecule has 0 aromatic rings. The van der Waals surface area contributed by atoms with Gasteiger partial charge in [0, 0.05) is 6.54 Å². The van der Waals surface area contributed by atoms with Gasteiger partial charge in [-0.05, 0) is 25.7 Å². The highest BCUT2D eigenvalue weighted by Gasteiger charge is 2.22. The van der Waals surface area contributed by atoms with E-state index in [1.807, 2.05) is 0 Å². The average molecular weight is 185 g/mol. The second kappa shape index (κ2) is 5.61. The second-order valence-electron chi connectivity index (χ2n) is 4.25. The largest absolute Gasteiger partial charge is 0.374 e. The van der Waals surface area contributed by atoms with Gasteiger partial charge in [0.25, 0.3) is 0 Å². The van der Waals surface area contributed by atoms with Gasteiger partial charge in [-0.25, -0.2) is 0 Å². The summed E-state index contributed by atoms with van der Waals surface area (Å²) in [5, 5.41) is 0. The third kappa shape index (κ3) is 3.65. The Bertz CT molecular complexity index is 136. The first kappa shape index (κ1) is 11.0. The molecule has 1 aliphatic carbocycles. The SMILES string of the molecule is CCC1CCCC(OC(C)CN)C1. The lowest BCUT2D eigenvalue weighted by molar-refractivity contribution is -0.0282. The van der Waals surface area contributed by atoms with Crippen LogP contribution in [-0.4, -0.2) is 18.8 Å². The van der Waals surface area contributed by atoms with Gasteiger partial charge in [-0.1, -0.05) is 26.2 Å². The number of ether oxygens (including phenoxy) is 1. The number of nitrogens with two attached hydrogens (primary N) is 1. The molecule has 3 unspecified atom stereocenters. The monoisotopic (exact) mass is 185 g/mol. The second-order valence-corrected chi connectivity index (χ2v) is 4.25. The minimum Gasteiger partial charge on any atom is -0.374 e. The molecular weight excluding hydrogens is 162 g/mol. The van der Waals surface area contributed by atoms with E-state index in [1.165, 1.54) is 32.1 Å². The Balaban J connectivity index is 2.25. The van der Waals surface area contributed by atoms with Crippen LogP contribution in [0.4, 0.5) is 0 Å². The highest BCUT2D eigenvalue weighted by Crippen LogP contribution is 2.28. The molecule has 13 heavy (non-hydrogen) atoms. The summed E-state index contributed by atoms with van der Waals surface area (Å²) in [4.78, 5) is 0. The smallest absolute Gasteiger partial charge is 0.0672 e. The van der Waals surface area contributed by atoms with Gasteiger partial charge >= 0.3 is 0 Å². The van der Waals surface area contributed by atoms with E-state index >= 15 is 0 Å². The Hall–Kier alpha value is -0.0800. The third-order valence-corrected chi connectivity index (χ3v) is 3.07. The van der Waals surface area contributed by atoms with E-state index in [0.29, 0.717) is 12.6 Å². The van der Waals surface area contributed by atoms with Crippen LogP contribution in [0.5, 0.6) is 0 Å². The lowest BCUT2D eigenvalue weighted by Gasteiger charge is -2.30. The van der Waals surface area contributed by atoms with Crippen LogP contribution >= 0.6 is 0 Å². The van der Waals surface area contributed by atoms with Crippen LogP contribution in [0.25, 0.3) is 0 Å². The first-order chi connectivity index (χ1) is 6.26. The lowest BCUT2D eigenvalue weighted by atomic mass is 9.85. The molecule has 0 heterocycles. The number of hydrogen-bond donors (Lipinski definition) is 1. The Morgan fingerprint density at radius 3 is 2.85 bits per heavy atom. The molecule has 2 heteroatoms. The zero-order chi connectivity index (χ0) is 9.68. The minimum absolute atomic E-state index is 0.237. The van der Waals surface area contributed by atoms with E-state index in [1.54, 1.807) is 0 Å². The van der Waals surface area contributed by atoms with Gasteiger partial charge in [0.2, 0.25) is 0 Å². The number of rotatable bonds is 4. The summed E-state index contributed by atoms with van der Waals surface area (Å²) in [6.45, 7) is 4.99. The molecule has 1 rings (SSSR count). The first-order valence-corrected chi connectivity index (χ1v) is 5.61. The van der Waals surface area contributed by atoms with Crippen molar-refractivity contribution < 1.29 is 4.74 Å². The van der Waals surface area contributed by atoms with Gasteiger partial charge in [-0.2, -0.15) is 0 Å². The molecule has 1 fully saturated rings. The molecule has 0 radical (unpaired) electrons. The average Bonchev–Trinajstić information content (AvgIpc) is 2.18. The molecule has 0 spiro atoms. The number of hydrogen-bond acceptors (Lipinski definition) is 2. The van der Waals surface area contributed by atoms with Crippen LogP contribution in [0.3, 0.4) is 0 Å². The maximum absolute atomic E-state index is 5.85. The van der Waals surface area contributed by atoms with E-state index in [0.717, 1.165) is 5.92 Å². The standard InChI is InChI=1S/C11H23NO/c1-3-10-5-4-6-11(7-10)13-9(2)8-12/h9-11H,3-8,12H2,1-2H3. The molecule has 0 aromatic heterocycles. The van der Waals surface area contributed by atoms with Crippen molar-refractivity contribution in [1.82, 2.24) is 0 Å². The molecule has 0 bridgehead atoms. The predicted octanol–water partition coefficient (Wildman–Crippen LogP) is 2.32. The van der Waals surface area contributed by atoms with Gasteiger partial charge in [-0.3, -0.25) is 0 Å². The fraction of sp³-hybridized carbons (Fsp3) is 1.00. The van der Waals surface area contributed by atoms with Crippen molar-refractivity contribution in [2.45, 2.75) is 58.2 Å². The highest BCUT2D eigenvalue weighted by atomic mass is 16.5. The van der Waals surface area contributed by atoms with Crippen molar-refractivity contribution in [2.75, 3.05) is 6.54 Å². The van der Waals surface area contributed by atoms with E-state index < -0.39 is 0 Å². The van der Waals surface area contributed by atoms with Crippen LogP contribution in [-0.2, 0) is 4.74 Å². The molecular formula is C11H23NO. The molecule has 78 valence electrons. The molecule has 0 amide bonds. The van der Waals surface area contributed by atoms with Crippen LogP contribution in [0.15, 0.2) is 0 Å². The Kier molecular flexibility index (Phi) is 4.74. The maximum atomic E-state index is 5.85. The fourth-order valence-corrected chi connectivity index (χ4v) is 2.12. The highest BCUT2D eigenvalue weighted by molar-refractivity contribution is 4.73. The minimum atomic E-state index is 0.237. The summed E-state index contributed by atoms with van der Waals surface area (Å²) in [5.41, 5.74) is 5.53. The maximum Gasteiger partial charge on any atom is 0.0672 e. The van der Waals surface area contributed by atoms with E-state index in [-0.39, 0.29) is 6.10 Å². The quantitative estimate of drug-likeness (QED) is 0.729. The van der Waals surface area contributed by atoms with Crippen molar-refractivity contribution in [2.24, 2.45) is 11.7 Å². The Morgan fingerprint density at radius 1 is 1.46 bits per heavy atom. The molecule has 2 nitrogen and oxygen atoms in total. The first-order valence-electron chi connectivity index (χ1n) is 5.61. The summed E-state index contributed by atoms with van der Waals surface area (Å²) in [7, 11) is 0. The van der Waals surface area contributed by atoms with Crippen molar-refractivity contribution in [3.05, 3.63) is 0 Å². The van der Waals surface area contributed by atoms with Gasteiger partial charge in [0.05, 0.1) is 12.2 Å². The topological polar surface area (TPSA) is 35.2 Å². The predicted molar refractivity (Wildman–Crippen MR) is 55.6 cm³/mol. The molecule has 0 saturated heterocycles. The zero-order valence-corrected chi connectivity index (χ0v) is 8.96. The summed E-state index contributed by atoms with van der Waals surface area (Å²) in [5.74, 6) is 0.892. The summed E-state index contributed by atoms with van der Waals surface area (Å²) in [6, 6.07) is 0. The van der Waals surface area contributed by atoms with Gasteiger partial charge in [-0.15, -0.1) is 0 Å². The fourth-order valence-electron chi connectivity index (χ4n) is 2.12. The Labute approximate surface area is 81.8 Å². The van der Waals surface area contributed by atoms with Crippen molar-refractivity contribution in [3.8, 4) is 0 Å². The summed E-state index contributed by atoms with van der Waals surface area (Å²) >= 11 is 0. The van der Waals surface area contributed by atoms with Crippen LogP contribution in [0.2, 0.25) is 0 Å². The molecule has 2 N–H and O–H groups in total. The third-order valence-electron chi connectivity index (χ3n) is 3.07. The van der Waals surface area contributed by atoms with Crippen molar-refractivity contribution >= 4 is 0 Å². The van der Waals surface area contributed by atoms with E-state index in [9.17, 15) is 0 Å². The van der Waals surface area contributed by atoms with Gasteiger partial charge in [0.15, 0.2) is 0 Å². The molecule has 1 saturated carbocycles. The summed E-state index contributed by atoms with van der Waals surface area (Å²) < 4.78 is 5.85.